The third-order valence-electron chi connectivity index (χ3n) is 5.79. The number of benzene rings is 3. The molecule has 1 unspecified atom stereocenters. The second kappa shape index (κ2) is 7.57. The van der Waals surface area contributed by atoms with Crippen molar-refractivity contribution in [1.29, 1.82) is 0 Å². The standard InChI is InChI=1S/C22H23ClN3OPS/c1-24-12-14-25(15-13-24)28(29)26(19-9-7-18(23)8-10-19)16-21-20-5-3-2-4-17(20)6-11-22(21)27-28/h2-11H,12-16H2,1H3. The second-order valence-corrected chi connectivity index (χ2v) is 11.7. The van der Waals surface area contributed by atoms with Crippen LogP contribution in [-0.4, -0.2) is 42.8 Å². The summed E-state index contributed by atoms with van der Waals surface area (Å²) in [5.41, 5.74) is 2.27. The lowest BCUT2D eigenvalue weighted by molar-refractivity contribution is 0.219. The zero-order valence-electron chi connectivity index (χ0n) is 16.3. The predicted molar refractivity (Wildman–Crippen MR) is 126 cm³/mol. The quantitative estimate of drug-likeness (QED) is 0.495. The monoisotopic (exact) mass is 443 g/mol. The average molecular weight is 444 g/mol. The van der Waals surface area contributed by atoms with E-state index < -0.39 is 6.57 Å². The van der Waals surface area contributed by atoms with Crippen molar-refractivity contribution in [1.82, 2.24) is 9.57 Å². The highest BCUT2D eigenvalue weighted by Crippen LogP contribution is 2.61. The molecule has 3 aromatic carbocycles. The molecule has 0 spiro atoms. The molecule has 150 valence electrons. The first-order valence-corrected chi connectivity index (χ1v) is 12.8. The van der Waals surface area contributed by atoms with E-state index in [1.165, 1.54) is 16.3 Å². The van der Waals surface area contributed by atoms with Gasteiger partial charge in [0.25, 0.3) is 6.57 Å². The maximum absolute atomic E-state index is 6.73. The smallest absolute Gasteiger partial charge is 0.279 e. The summed E-state index contributed by atoms with van der Waals surface area (Å²) in [4.78, 5) is 2.34. The number of hydrogen-bond acceptors (Lipinski definition) is 3. The van der Waals surface area contributed by atoms with Crippen molar-refractivity contribution in [3.8, 4) is 5.75 Å². The fourth-order valence-corrected chi connectivity index (χ4v) is 7.78. The summed E-state index contributed by atoms with van der Waals surface area (Å²) in [6.45, 7) is 2.13. The van der Waals surface area contributed by atoms with Gasteiger partial charge in [-0.1, -0.05) is 41.9 Å². The molecule has 3 aromatic rings. The summed E-state index contributed by atoms with van der Waals surface area (Å²) in [7, 11) is 2.16. The minimum Gasteiger partial charge on any atom is -0.437 e. The summed E-state index contributed by atoms with van der Waals surface area (Å²) in [5, 5.41) is 3.18. The van der Waals surface area contributed by atoms with Crippen molar-refractivity contribution < 1.29 is 4.52 Å². The van der Waals surface area contributed by atoms with E-state index in [4.69, 9.17) is 27.9 Å². The Morgan fingerprint density at radius 1 is 0.931 bits per heavy atom. The van der Waals surface area contributed by atoms with Gasteiger partial charge in [0.1, 0.15) is 5.75 Å². The number of hydrogen-bond donors (Lipinski definition) is 0. The number of anilines is 1. The minimum atomic E-state index is -2.44. The molecule has 0 radical (unpaired) electrons. The number of likely N-dealkylation sites (N-methyl/N-ethyl adjacent to an activating group) is 1. The number of halogens is 1. The molecule has 2 aliphatic heterocycles. The largest absolute Gasteiger partial charge is 0.437 e. The van der Waals surface area contributed by atoms with E-state index in [0.717, 1.165) is 49.2 Å². The maximum Gasteiger partial charge on any atom is 0.279 e. The lowest BCUT2D eigenvalue weighted by atomic mass is 10.0. The van der Waals surface area contributed by atoms with Gasteiger partial charge in [-0.25, -0.2) is 4.67 Å². The molecule has 0 aliphatic carbocycles. The third kappa shape index (κ3) is 3.45. The molecule has 4 nitrogen and oxygen atoms in total. The topological polar surface area (TPSA) is 19.0 Å². The molecule has 0 aromatic heterocycles. The van der Waals surface area contributed by atoms with Crippen molar-refractivity contribution in [2.45, 2.75) is 6.54 Å². The lowest BCUT2D eigenvalue weighted by Crippen LogP contribution is -2.47. The first-order chi connectivity index (χ1) is 14.0. The molecule has 0 amide bonds. The van der Waals surface area contributed by atoms with Crippen LogP contribution in [-0.2, 0) is 18.4 Å². The van der Waals surface area contributed by atoms with E-state index in [9.17, 15) is 0 Å². The summed E-state index contributed by atoms with van der Waals surface area (Å²) < 4.78 is 11.4. The van der Waals surface area contributed by atoms with Gasteiger partial charge in [0.15, 0.2) is 0 Å². The van der Waals surface area contributed by atoms with Crippen LogP contribution in [0.3, 0.4) is 0 Å². The number of piperazine rings is 1. The summed E-state index contributed by atoms with van der Waals surface area (Å²) in [6, 6.07) is 20.7. The van der Waals surface area contributed by atoms with Gasteiger partial charge in [0, 0.05) is 42.5 Å². The van der Waals surface area contributed by atoms with Crippen LogP contribution < -0.4 is 9.19 Å². The van der Waals surface area contributed by atoms with Crippen LogP contribution >= 0.6 is 18.2 Å². The molecule has 5 rings (SSSR count). The minimum absolute atomic E-state index is 0.727. The Balaban J connectivity index is 1.63. The first-order valence-electron chi connectivity index (χ1n) is 9.82. The Bertz CT molecular complexity index is 1100. The SMILES string of the molecule is CN1CCN(P2(=S)Oc3ccc4ccccc4c3CN2c2ccc(Cl)cc2)CC1. The molecule has 1 saturated heterocycles. The fourth-order valence-electron chi connectivity index (χ4n) is 4.09. The number of fused-ring (bicyclic) bond motifs is 3. The molecular weight excluding hydrogens is 421 g/mol. The van der Waals surface area contributed by atoms with Crippen LogP contribution in [0.5, 0.6) is 5.75 Å². The van der Waals surface area contributed by atoms with Crippen LogP contribution in [0.15, 0.2) is 60.7 Å². The molecular formula is C22H23ClN3OPS. The van der Waals surface area contributed by atoms with E-state index >= 15 is 0 Å². The molecule has 0 saturated carbocycles. The number of nitrogens with zero attached hydrogens (tertiary/aromatic N) is 3. The Morgan fingerprint density at radius 3 is 2.41 bits per heavy atom. The zero-order chi connectivity index (χ0) is 20.0. The van der Waals surface area contributed by atoms with Crippen molar-refractivity contribution in [3.05, 3.63) is 71.2 Å². The Kier molecular flexibility index (Phi) is 5.05. The van der Waals surface area contributed by atoms with Gasteiger partial charge in [0.05, 0.1) is 6.54 Å². The Morgan fingerprint density at radius 2 is 1.66 bits per heavy atom. The fraction of sp³-hybridized carbons (Fsp3) is 0.273. The summed E-state index contributed by atoms with van der Waals surface area (Å²) >= 11 is 12.5. The van der Waals surface area contributed by atoms with Gasteiger partial charge in [0.2, 0.25) is 0 Å². The lowest BCUT2D eigenvalue weighted by Gasteiger charge is -2.48. The number of rotatable bonds is 2. The second-order valence-electron chi connectivity index (χ2n) is 7.64. The van der Waals surface area contributed by atoms with Crippen LogP contribution in [0.25, 0.3) is 10.8 Å². The predicted octanol–water partition coefficient (Wildman–Crippen LogP) is 5.36. The maximum atomic E-state index is 6.73. The molecule has 0 bridgehead atoms. The highest BCUT2D eigenvalue weighted by atomic mass is 35.5. The van der Waals surface area contributed by atoms with Crippen molar-refractivity contribution in [3.63, 3.8) is 0 Å². The summed E-state index contributed by atoms with van der Waals surface area (Å²) in [5.74, 6) is 0.927. The van der Waals surface area contributed by atoms with Crippen LogP contribution in [0.2, 0.25) is 5.02 Å². The van der Waals surface area contributed by atoms with Crippen LogP contribution in [0.1, 0.15) is 5.56 Å². The van der Waals surface area contributed by atoms with Gasteiger partial charge in [-0.15, -0.1) is 0 Å². The van der Waals surface area contributed by atoms with Crippen molar-refractivity contribution in [2.24, 2.45) is 0 Å². The van der Waals surface area contributed by atoms with Gasteiger partial charge in [-0.2, -0.15) is 0 Å². The molecule has 2 heterocycles. The zero-order valence-corrected chi connectivity index (χ0v) is 18.8. The van der Waals surface area contributed by atoms with E-state index in [2.05, 4.69) is 69.8 Å². The van der Waals surface area contributed by atoms with E-state index in [1.54, 1.807) is 0 Å². The molecule has 1 atom stereocenters. The van der Waals surface area contributed by atoms with Gasteiger partial charge >= 0.3 is 0 Å². The summed E-state index contributed by atoms with van der Waals surface area (Å²) in [6.07, 6.45) is 0. The molecule has 1 fully saturated rings. The van der Waals surface area contributed by atoms with Gasteiger partial charge in [-0.3, -0.25) is 4.67 Å². The van der Waals surface area contributed by atoms with E-state index in [0.29, 0.717) is 0 Å². The Labute approximate surface area is 181 Å². The molecule has 29 heavy (non-hydrogen) atoms. The van der Waals surface area contributed by atoms with Gasteiger partial charge < -0.3 is 9.42 Å². The van der Waals surface area contributed by atoms with Gasteiger partial charge in [-0.05, 0) is 60.0 Å². The highest BCUT2D eigenvalue weighted by Gasteiger charge is 2.41. The molecule has 7 heteroatoms. The van der Waals surface area contributed by atoms with Crippen molar-refractivity contribution >= 4 is 46.4 Å². The van der Waals surface area contributed by atoms with Crippen LogP contribution in [0, 0.1) is 0 Å². The first kappa shape index (κ1) is 19.3. The Hall–Kier alpha value is -1.62. The molecule has 2 aliphatic rings. The third-order valence-corrected chi connectivity index (χ3v) is 10.1. The highest BCUT2D eigenvalue weighted by molar-refractivity contribution is 8.12. The van der Waals surface area contributed by atoms with E-state index in [-0.39, 0.29) is 0 Å². The average Bonchev–Trinajstić information content (AvgIpc) is 2.74. The molecule has 0 N–H and O–H groups in total. The van der Waals surface area contributed by atoms with Crippen LogP contribution in [0.4, 0.5) is 5.69 Å². The normalized spacial score (nSPS) is 23.0. The van der Waals surface area contributed by atoms with E-state index in [1.807, 2.05) is 12.1 Å². The van der Waals surface area contributed by atoms with Crippen molar-refractivity contribution in [2.75, 3.05) is 37.9 Å².